The number of carbonyl (C=O) groups is 1. The number of aliphatic hydroxyl groups is 3. The molecule has 0 spiro atoms. The smallest absolute Gasteiger partial charge is 0.417 e. The second-order valence-corrected chi connectivity index (χ2v) is 7.23. The Kier molecular flexibility index (Phi) is 7.03. The Bertz CT molecular complexity index is 952. The zero-order valence-corrected chi connectivity index (χ0v) is 16.7. The molecule has 1 amide bonds. The lowest BCUT2D eigenvalue weighted by atomic mass is 9.96. The van der Waals surface area contributed by atoms with E-state index in [1.807, 2.05) is 0 Å². The fraction of sp³-hybridized carbons (Fsp3) is 0.381. The molecule has 2 aromatic rings. The van der Waals surface area contributed by atoms with E-state index in [0.29, 0.717) is 0 Å². The van der Waals surface area contributed by atoms with Gasteiger partial charge in [0, 0.05) is 12.5 Å². The highest BCUT2D eigenvalue weighted by molar-refractivity contribution is 5.75. The number of amides is 1. The van der Waals surface area contributed by atoms with Crippen molar-refractivity contribution in [2.45, 2.75) is 43.7 Å². The summed E-state index contributed by atoms with van der Waals surface area (Å²) in [6, 6.07) is 6.05. The summed E-state index contributed by atoms with van der Waals surface area (Å²) in [7, 11) is 0. The summed E-state index contributed by atoms with van der Waals surface area (Å²) in [5, 5.41) is 32.2. The van der Waals surface area contributed by atoms with E-state index in [2.05, 4.69) is 5.32 Å². The SMILES string of the molecule is CC(=O)N[C@H]1[C@H](Oc2cccc(C(F)(F)F)c2-c2ccc(F)cc2)O[C@H](CO)[C@H](O)[C@H]1O. The second kappa shape index (κ2) is 9.41. The average Bonchev–Trinajstić information content (AvgIpc) is 2.73. The van der Waals surface area contributed by atoms with Gasteiger partial charge in [-0.15, -0.1) is 0 Å². The topological polar surface area (TPSA) is 108 Å². The van der Waals surface area contributed by atoms with Crippen LogP contribution in [-0.2, 0) is 15.7 Å². The van der Waals surface area contributed by atoms with Crippen LogP contribution in [-0.4, -0.2) is 58.5 Å². The first-order chi connectivity index (χ1) is 15.0. The lowest BCUT2D eigenvalue weighted by Gasteiger charge is -2.42. The Hall–Kier alpha value is -2.73. The van der Waals surface area contributed by atoms with E-state index < -0.39 is 66.3 Å². The van der Waals surface area contributed by atoms with Crippen molar-refractivity contribution in [1.82, 2.24) is 5.32 Å². The summed E-state index contributed by atoms with van der Waals surface area (Å²) in [6.45, 7) is 0.404. The van der Waals surface area contributed by atoms with Crippen molar-refractivity contribution in [2.75, 3.05) is 6.61 Å². The molecule has 0 aromatic heterocycles. The summed E-state index contributed by atoms with van der Waals surface area (Å²) in [6.07, 6.45) is -10.9. The molecule has 0 radical (unpaired) electrons. The van der Waals surface area contributed by atoms with Gasteiger partial charge in [0.15, 0.2) is 0 Å². The molecule has 4 N–H and O–H groups in total. The summed E-state index contributed by atoms with van der Waals surface area (Å²) in [4.78, 5) is 11.6. The maximum absolute atomic E-state index is 13.7. The minimum Gasteiger partial charge on any atom is -0.462 e. The maximum atomic E-state index is 13.7. The van der Waals surface area contributed by atoms with Crippen molar-refractivity contribution < 1.29 is 47.1 Å². The van der Waals surface area contributed by atoms with Gasteiger partial charge in [-0.3, -0.25) is 4.79 Å². The Morgan fingerprint density at radius 1 is 1.12 bits per heavy atom. The number of aliphatic hydroxyl groups excluding tert-OH is 3. The van der Waals surface area contributed by atoms with Crippen molar-refractivity contribution in [2.24, 2.45) is 0 Å². The van der Waals surface area contributed by atoms with Gasteiger partial charge in [-0.1, -0.05) is 18.2 Å². The minimum absolute atomic E-state index is 0.000466. The van der Waals surface area contributed by atoms with Crippen LogP contribution in [0.3, 0.4) is 0 Å². The second-order valence-electron chi connectivity index (χ2n) is 7.23. The molecule has 1 aliphatic rings. The molecule has 1 aliphatic heterocycles. The highest BCUT2D eigenvalue weighted by Gasteiger charge is 2.46. The molecule has 0 unspecified atom stereocenters. The number of alkyl halides is 3. The third kappa shape index (κ3) is 5.01. The number of halogens is 4. The van der Waals surface area contributed by atoms with Crippen molar-refractivity contribution in [3.63, 3.8) is 0 Å². The van der Waals surface area contributed by atoms with Gasteiger partial charge >= 0.3 is 6.18 Å². The molecule has 1 heterocycles. The quantitative estimate of drug-likeness (QED) is 0.509. The summed E-state index contributed by atoms with van der Waals surface area (Å²) < 4.78 is 65.6. The maximum Gasteiger partial charge on any atom is 0.417 e. The normalized spacial score (nSPS) is 25.9. The molecule has 0 aliphatic carbocycles. The van der Waals surface area contributed by atoms with Crippen LogP contribution in [0.2, 0.25) is 0 Å². The zero-order valence-electron chi connectivity index (χ0n) is 16.7. The molecule has 0 bridgehead atoms. The number of ether oxygens (including phenoxy) is 2. The number of rotatable bonds is 5. The Labute approximate surface area is 180 Å². The van der Waals surface area contributed by atoms with Gasteiger partial charge in [0.2, 0.25) is 12.2 Å². The fourth-order valence-corrected chi connectivity index (χ4v) is 3.48. The van der Waals surface area contributed by atoms with E-state index >= 15 is 0 Å². The minimum atomic E-state index is -4.78. The number of hydrogen-bond acceptors (Lipinski definition) is 6. The van der Waals surface area contributed by atoms with Crippen molar-refractivity contribution in [3.8, 4) is 16.9 Å². The van der Waals surface area contributed by atoms with Crippen LogP contribution in [0.5, 0.6) is 5.75 Å². The van der Waals surface area contributed by atoms with Crippen LogP contribution in [0.15, 0.2) is 42.5 Å². The van der Waals surface area contributed by atoms with Crippen molar-refractivity contribution in [3.05, 3.63) is 53.8 Å². The van der Waals surface area contributed by atoms with Gasteiger partial charge in [0.05, 0.1) is 12.2 Å². The summed E-state index contributed by atoms with van der Waals surface area (Å²) in [5.74, 6) is -1.60. The highest BCUT2D eigenvalue weighted by Crippen LogP contribution is 2.43. The van der Waals surface area contributed by atoms with E-state index in [-0.39, 0.29) is 11.3 Å². The zero-order chi connectivity index (χ0) is 23.6. The van der Waals surface area contributed by atoms with Crippen LogP contribution >= 0.6 is 0 Å². The van der Waals surface area contributed by atoms with Gasteiger partial charge in [-0.05, 0) is 29.8 Å². The largest absolute Gasteiger partial charge is 0.462 e. The predicted octanol–water partition coefficient (Wildman–Crippen LogP) is 1.83. The number of benzene rings is 2. The Balaban J connectivity index is 2.08. The molecular weight excluding hydrogens is 438 g/mol. The number of hydrogen-bond donors (Lipinski definition) is 4. The molecule has 3 rings (SSSR count). The molecule has 174 valence electrons. The van der Waals surface area contributed by atoms with Crippen LogP contribution < -0.4 is 10.1 Å². The summed E-state index contributed by atoms with van der Waals surface area (Å²) >= 11 is 0. The fourth-order valence-electron chi connectivity index (χ4n) is 3.48. The first-order valence-electron chi connectivity index (χ1n) is 9.55. The van der Waals surface area contributed by atoms with Gasteiger partial charge in [-0.2, -0.15) is 13.2 Å². The standard InChI is InChI=1S/C21H21F4NO6/c1-10(28)26-17-19(30)18(29)15(9-27)32-20(17)31-14-4-2-3-13(21(23,24)25)16(14)11-5-7-12(22)8-6-11/h2-8,15,17-20,27,29-30H,9H2,1H3,(H,26,28)/t15-,17-,18+,19+,20-/m1/s1. The van der Waals surface area contributed by atoms with Crippen LogP contribution in [0, 0.1) is 5.82 Å². The predicted molar refractivity (Wildman–Crippen MR) is 103 cm³/mol. The van der Waals surface area contributed by atoms with Crippen LogP contribution in [0.1, 0.15) is 12.5 Å². The Morgan fingerprint density at radius 3 is 2.34 bits per heavy atom. The van der Waals surface area contributed by atoms with Crippen molar-refractivity contribution >= 4 is 5.91 Å². The summed E-state index contributed by atoms with van der Waals surface area (Å²) in [5.41, 5.74) is -1.47. The average molecular weight is 459 g/mol. The van der Waals surface area contributed by atoms with Gasteiger partial charge in [-0.25, -0.2) is 4.39 Å². The van der Waals surface area contributed by atoms with Gasteiger partial charge in [0.25, 0.3) is 0 Å². The lowest BCUT2D eigenvalue weighted by molar-refractivity contribution is -0.244. The molecule has 2 aromatic carbocycles. The van der Waals surface area contributed by atoms with Gasteiger partial charge in [0.1, 0.15) is 35.9 Å². The highest BCUT2D eigenvalue weighted by atomic mass is 19.4. The van der Waals surface area contributed by atoms with E-state index in [1.165, 1.54) is 6.07 Å². The molecule has 1 saturated heterocycles. The van der Waals surface area contributed by atoms with Crippen LogP contribution in [0.4, 0.5) is 17.6 Å². The molecule has 7 nitrogen and oxygen atoms in total. The number of nitrogens with one attached hydrogen (secondary N) is 1. The van der Waals surface area contributed by atoms with E-state index in [9.17, 15) is 37.7 Å². The van der Waals surface area contributed by atoms with E-state index in [0.717, 1.165) is 43.3 Å². The van der Waals surface area contributed by atoms with Crippen LogP contribution in [0.25, 0.3) is 11.1 Å². The van der Waals surface area contributed by atoms with Crippen molar-refractivity contribution in [1.29, 1.82) is 0 Å². The molecular formula is C21H21F4NO6. The molecule has 1 fully saturated rings. The first-order valence-corrected chi connectivity index (χ1v) is 9.55. The first kappa shape index (κ1) is 23.9. The number of carbonyl (C=O) groups excluding carboxylic acids is 1. The monoisotopic (exact) mass is 459 g/mol. The third-order valence-electron chi connectivity index (χ3n) is 4.96. The molecule has 0 saturated carbocycles. The lowest BCUT2D eigenvalue weighted by Crippen LogP contribution is -2.65. The van der Waals surface area contributed by atoms with Gasteiger partial charge < -0.3 is 30.1 Å². The Morgan fingerprint density at radius 2 is 1.78 bits per heavy atom. The molecule has 11 heteroatoms. The third-order valence-corrected chi connectivity index (χ3v) is 4.96. The molecule has 32 heavy (non-hydrogen) atoms. The van der Waals surface area contributed by atoms with E-state index in [4.69, 9.17) is 9.47 Å². The van der Waals surface area contributed by atoms with E-state index in [1.54, 1.807) is 0 Å². The molecule has 5 atom stereocenters.